The summed E-state index contributed by atoms with van der Waals surface area (Å²) in [4.78, 5) is 21.2. The molecular formula is C23H23FN4O3S. The molecule has 1 aromatic heterocycles. The number of carbonyl (C=O) groups excluding carboxylic acids is 1. The Morgan fingerprint density at radius 2 is 2.03 bits per heavy atom. The van der Waals surface area contributed by atoms with E-state index in [2.05, 4.69) is 27.1 Å². The van der Waals surface area contributed by atoms with E-state index in [0.717, 1.165) is 0 Å². The number of carbonyl (C=O) groups is 1. The van der Waals surface area contributed by atoms with Crippen molar-refractivity contribution >= 4 is 27.3 Å². The van der Waals surface area contributed by atoms with E-state index >= 15 is 0 Å². The van der Waals surface area contributed by atoms with Gasteiger partial charge in [-0.1, -0.05) is 5.92 Å². The number of amidine groups is 1. The normalized spacial score (nSPS) is 27.8. The molecular weight excluding hydrogens is 431 g/mol. The fraction of sp³-hybridized carbons (Fsp3) is 0.348. The zero-order valence-corrected chi connectivity index (χ0v) is 18.8. The van der Waals surface area contributed by atoms with Crippen molar-refractivity contribution in [3.05, 3.63) is 59.2 Å². The average Bonchev–Trinajstić information content (AvgIpc) is 2.93. The molecule has 1 fully saturated rings. The number of aromatic nitrogens is 1. The SMILES string of the molecule is CC#Cc1ccc(C(=O)Nc2ccc(F)c([C@@]3(C)N=C(N)[C@@]4(C)CC[C@@H]3S4(=O)=O)c2)nc1. The number of benzene rings is 1. The number of nitrogens with one attached hydrogen (secondary N) is 1. The summed E-state index contributed by atoms with van der Waals surface area (Å²) >= 11 is 0. The molecule has 2 bridgehead atoms. The molecule has 2 aliphatic rings. The second kappa shape index (κ2) is 7.41. The molecule has 1 saturated heterocycles. The highest BCUT2D eigenvalue weighted by molar-refractivity contribution is 7.94. The number of amides is 1. The van der Waals surface area contributed by atoms with Crippen LogP contribution in [0.2, 0.25) is 0 Å². The van der Waals surface area contributed by atoms with Crippen LogP contribution < -0.4 is 11.1 Å². The van der Waals surface area contributed by atoms with Gasteiger partial charge in [0.1, 0.15) is 27.6 Å². The Hall–Kier alpha value is -3.25. The smallest absolute Gasteiger partial charge is 0.274 e. The predicted octanol–water partition coefficient (Wildman–Crippen LogP) is 2.77. The van der Waals surface area contributed by atoms with Gasteiger partial charge in [0.2, 0.25) is 0 Å². The van der Waals surface area contributed by atoms with Crippen LogP contribution in [-0.4, -0.2) is 35.1 Å². The Bertz CT molecular complexity index is 1310. The van der Waals surface area contributed by atoms with Gasteiger partial charge in [-0.2, -0.15) is 0 Å². The molecule has 0 saturated carbocycles. The average molecular weight is 455 g/mol. The molecule has 0 radical (unpaired) electrons. The summed E-state index contributed by atoms with van der Waals surface area (Å²) < 4.78 is 40.0. The lowest BCUT2D eigenvalue weighted by molar-refractivity contribution is 0.102. The number of aliphatic imine (C=N–C) groups is 1. The molecule has 3 N–H and O–H groups in total. The first-order valence-electron chi connectivity index (χ1n) is 10.1. The number of hydrogen-bond acceptors (Lipinski definition) is 6. The van der Waals surface area contributed by atoms with Crippen LogP contribution in [0.4, 0.5) is 10.1 Å². The lowest BCUT2D eigenvalue weighted by atomic mass is 9.86. The molecule has 1 aromatic carbocycles. The molecule has 0 aliphatic carbocycles. The van der Waals surface area contributed by atoms with Gasteiger partial charge in [0.25, 0.3) is 5.91 Å². The fourth-order valence-electron chi connectivity index (χ4n) is 4.48. The maximum absolute atomic E-state index is 14.9. The van der Waals surface area contributed by atoms with Gasteiger partial charge in [-0.15, -0.1) is 5.92 Å². The Balaban J connectivity index is 1.69. The van der Waals surface area contributed by atoms with Crippen LogP contribution in [0.15, 0.2) is 41.5 Å². The predicted molar refractivity (Wildman–Crippen MR) is 120 cm³/mol. The molecule has 32 heavy (non-hydrogen) atoms. The van der Waals surface area contributed by atoms with Crippen LogP contribution in [0.1, 0.15) is 55.2 Å². The van der Waals surface area contributed by atoms with Gasteiger partial charge in [-0.3, -0.25) is 9.79 Å². The van der Waals surface area contributed by atoms with Gasteiger partial charge < -0.3 is 11.1 Å². The minimum absolute atomic E-state index is 0.0120. The molecule has 0 unspecified atom stereocenters. The van der Waals surface area contributed by atoms with Crippen molar-refractivity contribution in [1.82, 2.24) is 4.98 Å². The summed E-state index contributed by atoms with van der Waals surface area (Å²) in [5, 5.41) is 1.78. The highest BCUT2D eigenvalue weighted by Gasteiger charge is 2.63. The zero-order valence-electron chi connectivity index (χ0n) is 17.9. The van der Waals surface area contributed by atoms with Crippen molar-refractivity contribution in [1.29, 1.82) is 0 Å². The molecule has 2 aromatic rings. The minimum Gasteiger partial charge on any atom is -0.386 e. The summed E-state index contributed by atoms with van der Waals surface area (Å²) in [5.74, 6) is 4.48. The van der Waals surface area contributed by atoms with Crippen LogP contribution in [0.3, 0.4) is 0 Å². The Labute approximate surface area is 186 Å². The molecule has 4 rings (SSSR count). The summed E-state index contributed by atoms with van der Waals surface area (Å²) in [6.45, 7) is 4.85. The summed E-state index contributed by atoms with van der Waals surface area (Å²) in [6, 6.07) is 7.22. The molecule has 166 valence electrons. The lowest BCUT2D eigenvalue weighted by Crippen LogP contribution is -2.55. The number of nitrogens with two attached hydrogens (primary N) is 1. The number of nitrogens with zero attached hydrogens (tertiary/aromatic N) is 2. The largest absolute Gasteiger partial charge is 0.386 e. The van der Waals surface area contributed by atoms with E-state index in [1.807, 2.05) is 0 Å². The van der Waals surface area contributed by atoms with Gasteiger partial charge in [-0.25, -0.2) is 17.8 Å². The molecule has 0 spiro atoms. The Kier molecular flexibility index (Phi) is 5.09. The van der Waals surface area contributed by atoms with Crippen LogP contribution >= 0.6 is 0 Å². The number of anilines is 1. The van der Waals surface area contributed by atoms with Crippen molar-refractivity contribution in [3.63, 3.8) is 0 Å². The van der Waals surface area contributed by atoms with Gasteiger partial charge in [0, 0.05) is 23.0 Å². The number of fused-ring (bicyclic) bond motifs is 2. The molecule has 3 atom stereocenters. The summed E-state index contributed by atoms with van der Waals surface area (Å²) in [5.41, 5.74) is 5.88. The first kappa shape index (κ1) is 22.0. The first-order valence-corrected chi connectivity index (χ1v) is 11.7. The van der Waals surface area contributed by atoms with Gasteiger partial charge in [-0.05, 0) is 63.9 Å². The minimum atomic E-state index is -3.67. The van der Waals surface area contributed by atoms with Crippen molar-refractivity contribution in [2.24, 2.45) is 10.7 Å². The van der Waals surface area contributed by atoms with Crippen molar-refractivity contribution in [2.45, 2.75) is 49.1 Å². The third kappa shape index (κ3) is 3.17. The molecule has 7 nitrogen and oxygen atoms in total. The number of rotatable bonds is 3. The molecule has 3 heterocycles. The lowest BCUT2D eigenvalue weighted by Gasteiger charge is -2.39. The van der Waals surface area contributed by atoms with Crippen molar-refractivity contribution < 1.29 is 17.6 Å². The van der Waals surface area contributed by atoms with Crippen LogP contribution in [0.25, 0.3) is 0 Å². The van der Waals surface area contributed by atoms with Crippen LogP contribution in [0.5, 0.6) is 0 Å². The molecule has 1 amide bonds. The van der Waals surface area contributed by atoms with E-state index in [0.29, 0.717) is 24.1 Å². The third-order valence-electron chi connectivity index (χ3n) is 6.44. The van der Waals surface area contributed by atoms with Gasteiger partial charge in [0.15, 0.2) is 9.84 Å². The Morgan fingerprint density at radius 3 is 2.69 bits per heavy atom. The van der Waals surface area contributed by atoms with E-state index in [1.54, 1.807) is 32.9 Å². The molecule has 2 aliphatic heterocycles. The second-order valence-corrected chi connectivity index (χ2v) is 11.0. The summed E-state index contributed by atoms with van der Waals surface area (Å²) in [7, 11) is -3.67. The molecule has 9 heteroatoms. The van der Waals surface area contributed by atoms with Crippen LogP contribution in [-0.2, 0) is 15.4 Å². The topological polar surface area (TPSA) is 115 Å². The number of hydrogen-bond donors (Lipinski definition) is 2. The summed E-state index contributed by atoms with van der Waals surface area (Å²) in [6.07, 6.45) is 2.16. The quantitative estimate of drug-likeness (QED) is 0.692. The monoisotopic (exact) mass is 454 g/mol. The number of pyridine rings is 1. The van der Waals surface area contributed by atoms with E-state index in [9.17, 15) is 17.6 Å². The van der Waals surface area contributed by atoms with Gasteiger partial charge in [0.05, 0.1) is 5.25 Å². The van der Waals surface area contributed by atoms with E-state index in [-0.39, 0.29) is 17.1 Å². The highest BCUT2D eigenvalue weighted by Crippen LogP contribution is 2.51. The number of sulfone groups is 1. The van der Waals surface area contributed by atoms with E-state index in [4.69, 9.17) is 5.73 Å². The maximum atomic E-state index is 14.9. The standard InChI is InChI=1S/C23H23FN4O3S/c1-4-5-14-6-9-18(26-13-14)20(29)27-15-7-8-17(24)16(12-15)23(3)19-10-11-22(2,21(25)28-23)32(19,30)31/h6-9,12-13,19H,10-11H2,1-3H3,(H2,25,28)(H,27,29)/t19-,22+,23+/m0/s1. The van der Waals surface area contributed by atoms with E-state index < -0.39 is 37.1 Å². The Morgan fingerprint density at radius 1 is 1.28 bits per heavy atom. The second-order valence-electron chi connectivity index (χ2n) is 8.40. The van der Waals surface area contributed by atoms with Crippen molar-refractivity contribution in [3.8, 4) is 11.8 Å². The van der Waals surface area contributed by atoms with Gasteiger partial charge >= 0.3 is 0 Å². The maximum Gasteiger partial charge on any atom is 0.274 e. The fourth-order valence-corrected chi connectivity index (χ4v) is 7.06. The van der Waals surface area contributed by atoms with E-state index in [1.165, 1.54) is 24.4 Å². The highest BCUT2D eigenvalue weighted by atomic mass is 32.2. The third-order valence-corrected chi connectivity index (χ3v) is 9.56. The van der Waals surface area contributed by atoms with Crippen molar-refractivity contribution in [2.75, 3.05) is 5.32 Å². The zero-order chi connectivity index (χ0) is 23.3. The van der Waals surface area contributed by atoms with Crippen LogP contribution in [0, 0.1) is 17.7 Å². The number of halogens is 1. The first-order chi connectivity index (χ1) is 15.0.